The summed E-state index contributed by atoms with van der Waals surface area (Å²) >= 11 is 11.5. The minimum absolute atomic E-state index is 0.518. The summed E-state index contributed by atoms with van der Waals surface area (Å²) in [6, 6.07) is 0. The van der Waals surface area contributed by atoms with Crippen molar-refractivity contribution in [1.29, 1.82) is 0 Å². The van der Waals surface area contributed by atoms with E-state index < -0.39 is 0 Å². The lowest BCUT2D eigenvalue weighted by atomic mass is 10.3. The highest BCUT2D eigenvalue weighted by atomic mass is 35.5. The molecule has 0 saturated carbocycles. The number of halogens is 2. The Bertz CT molecular complexity index is 318. The molecule has 5 heteroatoms. The first kappa shape index (κ1) is 12.5. The third-order valence-electron chi connectivity index (χ3n) is 2.12. The van der Waals surface area contributed by atoms with Crippen LogP contribution in [0.1, 0.15) is 18.4 Å². The van der Waals surface area contributed by atoms with Crippen LogP contribution >= 0.6 is 23.2 Å². The van der Waals surface area contributed by atoms with Crippen LogP contribution in [0.15, 0.2) is 6.20 Å². The molecule has 0 fully saturated rings. The summed E-state index contributed by atoms with van der Waals surface area (Å²) in [5.41, 5.74) is 0.898. The standard InChI is InChI=1S/C10H15Cl2N3/c1-8-7-13-10(14-9(8)12)15(2)6-4-3-5-11/h7H,3-6H2,1-2H3. The molecule has 0 aliphatic rings. The fourth-order valence-corrected chi connectivity index (χ4v) is 1.45. The van der Waals surface area contributed by atoms with Crippen molar-refractivity contribution in [1.82, 2.24) is 9.97 Å². The van der Waals surface area contributed by atoms with Gasteiger partial charge in [0.2, 0.25) is 5.95 Å². The van der Waals surface area contributed by atoms with Crippen molar-refractivity contribution in [2.45, 2.75) is 19.8 Å². The second-order valence-electron chi connectivity index (χ2n) is 3.46. The molecule has 1 heterocycles. The van der Waals surface area contributed by atoms with Crippen LogP contribution in [0.2, 0.25) is 5.15 Å². The molecule has 3 nitrogen and oxygen atoms in total. The first-order valence-corrected chi connectivity index (χ1v) is 5.82. The lowest BCUT2D eigenvalue weighted by molar-refractivity contribution is 0.752. The van der Waals surface area contributed by atoms with E-state index in [1.54, 1.807) is 6.20 Å². The quantitative estimate of drug-likeness (QED) is 0.455. The highest BCUT2D eigenvalue weighted by Gasteiger charge is 2.05. The van der Waals surface area contributed by atoms with E-state index in [-0.39, 0.29) is 0 Å². The Hall–Kier alpha value is -0.540. The van der Waals surface area contributed by atoms with E-state index in [0.29, 0.717) is 17.0 Å². The molecule has 0 bridgehead atoms. The molecule has 0 aliphatic heterocycles. The van der Waals surface area contributed by atoms with Crippen LogP contribution in [-0.2, 0) is 0 Å². The van der Waals surface area contributed by atoms with Crippen LogP contribution in [-0.4, -0.2) is 29.4 Å². The first-order chi connectivity index (χ1) is 7.15. The van der Waals surface area contributed by atoms with Crippen molar-refractivity contribution >= 4 is 29.2 Å². The molecule has 0 unspecified atom stereocenters. The van der Waals surface area contributed by atoms with Gasteiger partial charge in [0.1, 0.15) is 5.15 Å². The monoisotopic (exact) mass is 247 g/mol. The topological polar surface area (TPSA) is 29.0 Å². The van der Waals surface area contributed by atoms with Crippen LogP contribution in [0.5, 0.6) is 0 Å². The molecule has 15 heavy (non-hydrogen) atoms. The van der Waals surface area contributed by atoms with Gasteiger partial charge in [0.15, 0.2) is 0 Å². The van der Waals surface area contributed by atoms with E-state index in [2.05, 4.69) is 9.97 Å². The molecule has 0 N–H and O–H groups in total. The normalized spacial score (nSPS) is 10.4. The second-order valence-corrected chi connectivity index (χ2v) is 4.20. The molecule has 0 saturated heterocycles. The van der Waals surface area contributed by atoms with Crippen molar-refractivity contribution in [2.24, 2.45) is 0 Å². The number of hydrogen-bond acceptors (Lipinski definition) is 3. The molecular formula is C10H15Cl2N3. The molecule has 0 spiro atoms. The summed E-state index contributed by atoms with van der Waals surface area (Å²) in [5, 5.41) is 0.518. The molecule has 0 aliphatic carbocycles. The summed E-state index contributed by atoms with van der Waals surface area (Å²) in [6.45, 7) is 2.78. The maximum Gasteiger partial charge on any atom is 0.226 e. The third kappa shape index (κ3) is 3.84. The van der Waals surface area contributed by atoms with Crippen LogP contribution in [0.3, 0.4) is 0 Å². The SMILES string of the molecule is Cc1cnc(N(C)CCCCCl)nc1Cl. The average molecular weight is 248 g/mol. The summed E-state index contributed by atoms with van der Waals surface area (Å²) in [5.74, 6) is 1.36. The van der Waals surface area contributed by atoms with E-state index in [1.165, 1.54) is 0 Å². The van der Waals surface area contributed by atoms with Gasteiger partial charge >= 0.3 is 0 Å². The van der Waals surface area contributed by atoms with Gasteiger partial charge in [0.05, 0.1) is 0 Å². The van der Waals surface area contributed by atoms with Crippen LogP contribution < -0.4 is 4.90 Å². The number of rotatable bonds is 5. The largest absolute Gasteiger partial charge is 0.344 e. The van der Waals surface area contributed by atoms with E-state index in [0.717, 1.165) is 24.9 Å². The molecule has 1 aromatic heterocycles. The Morgan fingerprint density at radius 2 is 2.13 bits per heavy atom. The molecule has 0 amide bonds. The van der Waals surface area contributed by atoms with Gasteiger partial charge in [0, 0.05) is 31.2 Å². The summed E-state index contributed by atoms with van der Waals surface area (Å²) in [7, 11) is 1.95. The minimum Gasteiger partial charge on any atom is -0.344 e. The van der Waals surface area contributed by atoms with E-state index >= 15 is 0 Å². The Morgan fingerprint density at radius 1 is 1.40 bits per heavy atom. The molecule has 0 atom stereocenters. The fourth-order valence-electron chi connectivity index (χ4n) is 1.14. The number of alkyl halides is 1. The van der Waals surface area contributed by atoms with Gasteiger partial charge < -0.3 is 4.90 Å². The van der Waals surface area contributed by atoms with Crippen molar-refractivity contribution in [3.8, 4) is 0 Å². The summed E-state index contributed by atoms with van der Waals surface area (Å²) in [6.07, 6.45) is 3.78. The maximum atomic E-state index is 5.92. The first-order valence-electron chi connectivity index (χ1n) is 4.91. The van der Waals surface area contributed by atoms with Crippen molar-refractivity contribution in [2.75, 3.05) is 24.4 Å². The van der Waals surface area contributed by atoms with Crippen LogP contribution in [0.4, 0.5) is 5.95 Å². The highest BCUT2D eigenvalue weighted by molar-refractivity contribution is 6.30. The zero-order chi connectivity index (χ0) is 11.3. The summed E-state index contributed by atoms with van der Waals surface area (Å²) in [4.78, 5) is 10.4. The number of anilines is 1. The molecular weight excluding hydrogens is 233 g/mol. The zero-order valence-corrected chi connectivity index (χ0v) is 10.5. The third-order valence-corrected chi connectivity index (χ3v) is 2.77. The number of aryl methyl sites for hydroxylation is 1. The second kappa shape index (κ2) is 6.13. The van der Waals surface area contributed by atoms with Gasteiger partial charge in [-0.2, -0.15) is 0 Å². The number of aromatic nitrogens is 2. The van der Waals surface area contributed by atoms with E-state index in [4.69, 9.17) is 23.2 Å². The zero-order valence-electron chi connectivity index (χ0n) is 9.00. The Kier molecular flexibility index (Phi) is 5.12. The summed E-state index contributed by atoms with van der Waals surface area (Å²) < 4.78 is 0. The molecule has 0 radical (unpaired) electrons. The lowest BCUT2D eigenvalue weighted by Crippen LogP contribution is -2.21. The molecule has 0 aromatic carbocycles. The van der Waals surface area contributed by atoms with Gasteiger partial charge in [-0.05, 0) is 19.8 Å². The smallest absolute Gasteiger partial charge is 0.226 e. The lowest BCUT2D eigenvalue weighted by Gasteiger charge is -2.16. The van der Waals surface area contributed by atoms with Gasteiger partial charge in [-0.1, -0.05) is 11.6 Å². The van der Waals surface area contributed by atoms with E-state index in [1.807, 2.05) is 18.9 Å². The predicted octanol–water partition coefficient (Wildman–Crippen LogP) is 2.89. The number of unbranched alkanes of at least 4 members (excludes halogenated alkanes) is 1. The molecule has 84 valence electrons. The number of hydrogen-bond donors (Lipinski definition) is 0. The van der Waals surface area contributed by atoms with Gasteiger partial charge in [-0.3, -0.25) is 0 Å². The van der Waals surface area contributed by atoms with Gasteiger partial charge in [-0.25, -0.2) is 9.97 Å². The maximum absolute atomic E-state index is 5.92. The fraction of sp³-hybridized carbons (Fsp3) is 0.600. The Labute approximate surface area is 100 Å². The highest BCUT2D eigenvalue weighted by Crippen LogP contribution is 2.14. The van der Waals surface area contributed by atoms with Crippen molar-refractivity contribution in [3.63, 3.8) is 0 Å². The van der Waals surface area contributed by atoms with E-state index in [9.17, 15) is 0 Å². The van der Waals surface area contributed by atoms with Crippen molar-refractivity contribution in [3.05, 3.63) is 16.9 Å². The predicted molar refractivity (Wildman–Crippen MR) is 65.0 cm³/mol. The molecule has 1 aromatic rings. The van der Waals surface area contributed by atoms with Crippen LogP contribution in [0.25, 0.3) is 0 Å². The van der Waals surface area contributed by atoms with Gasteiger partial charge in [0.25, 0.3) is 0 Å². The minimum atomic E-state index is 0.518. The van der Waals surface area contributed by atoms with Crippen LogP contribution in [0, 0.1) is 6.92 Å². The average Bonchev–Trinajstić information content (AvgIpc) is 2.22. The molecule has 1 rings (SSSR count). The van der Waals surface area contributed by atoms with Crippen molar-refractivity contribution < 1.29 is 0 Å². The Morgan fingerprint density at radius 3 is 2.73 bits per heavy atom. The van der Waals surface area contributed by atoms with Gasteiger partial charge in [-0.15, -0.1) is 11.6 Å². The Balaban J connectivity index is 2.57. The number of nitrogens with zero attached hydrogens (tertiary/aromatic N) is 3.